The second-order valence-corrected chi connectivity index (χ2v) is 13.2. The van der Waals surface area contributed by atoms with Gasteiger partial charge in [-0.15, -0.1) is 11.3 Å². The van der Waals surface area contributed by atoms with Crippen LogP contribution in [0.3, 0.4) is 0 Å². The summed E-state index contributed by atoms with van der Waals surface area (Å²) >= 11 is 1.07. The smallest absolute Gasteiger partial charge is 0.323 e. The maximum Gasteiger partial charge on any atom is 0.434 e. The number of halogens is 5. The number of nitrogens with one attached hydrogen (secondary N) is 1. The van der Waals surface area contributed by atoms with Crippen molar-refractivity contribution in [3.05, 3.63) is 27.7 Å². The van der Waals surface area contributed by atoms with Gasteiger partial charge in [-0.1, -0.05) is 0 Å². The molecule has 2 spiro atoms. The molecule has 7 rings (SSSR count). The molecule has 0 unspecified atom stereocenters. The topological polar surface area (TPSA) is 78.0 Å². The van der Waals surface area contributed by atoms with Crippen molar-refractivity contribution in [1.82, 2.24) is 30.0 Å². The van der Waals surface area contributed by atoms with E-state index >= 15 is 0 Å². The number of hydrogen-bond donors (Lipinski definition) is 1. The van der Waals surface area contributed by atoms with Crippen molar-refractivity contribution in [1.29, 1.82) is 0 Å². The number of amides is 2. The van der Waals surface area contributed by atoms with Crippen molar-refractivity contribution >= 4 is 17.4 Å². The van der Waals surface area contributed by atoms with Gasteiger partial charge in [-0.3, -0.25) is 5.10 Å². The van der Waals surface area contributed by atoms with Gasteiger partial charge in [0, 0.05) is 73.5 Å². The average molecular weight is 543 g/mol. The summed E-state index contributed by atoms with van der Waals surface area (Å²) in [5, 5.41) is 8.72. The molecule has 13 heteroatoms. The van der Waals surface area contributed by atoms with E-state index in [2.05, 4.69) is 20.2 Å². The van der Waals surface area contributed by atoms with E-state index in [4.69, 9.17) is 0 Å². The summed E-state index contributed by atoms with van der Waals surface area (Å²) in [7, 11) is 0. The quantitative estimate of drug-likeness (QED) is 0.549. The van der Waals surface area contributed by atoms with Gasteiger partial charge in [-0.2, -0.15) is 18.3 Å². The lowest BCUT2D eigenvalue weighted by Gasteiger charge is -2.63. The Morgan fingerprint density at radius 1 is 0.973 bits per heavy atom. The SMILES string of the molecule is O=C(N1CC2(CC(Cc3nc(C(F)(F)F)cs3)C2)C1)N1CC2(CC(c3nc(C4CC(F)(F)C4)n[nH]3)C2)C1. The van der Waals surface area contributed by atoms with Crippen molar-refractivity contribution < 1.29 is 26.7 Å². The predicted molar refractivity (Wildman–Crippen MR) is 122 cm³/mol. The van der Waals surface area contributed by atoms with Crippen molar-refractivity contribution in [3.8, 4) is 0 Å². The summed E-state index contributed by atoms with van der Waals surface area (Å²) in [6.45, 7) is 2.91. The number of carbonyl (C=O) groups is 1. The maximum atomic E-state index is 13.1. The van der Waals surface area contributed by atoms with Gasteiger partial charge >= 0.3 is 12.2 Å². The fourth-order valence-electron chi connectivity index (χ4n) is 7.28. The summed E-state index contributed by atoms with van der Waals surface area (Å²) in [6, 6.07) is 0.0748. The third-order valence-electron chi connectivity index (χ3n) is 9.12. The van der Waals surface area contributed by atoms with Gasteiger partial charge in [0.05, 0.1) is 5.01 Å². The number of aromatic amines is 1. The highest BCUT2D eigenvalue weighted by Crippen LogP contribution is 2.57. The van der Waals surface area contributed by atoms with Gasteiger partial charge in [0.1, 0.15) is 5.82 Å². The molecule has 4 heterocycles. The largest absolute Gasteiger partial charge is 0.434 e. The fourth-order valence-corrected chi connectivity index (χ4v) is 8.20. The number of hydrogen-bond acceptors (Lipinski definition) is 5. The Labute approximate surface area is 213 Å². The molecule has 2 amide bonds. The normalized spacial score (nSPS) is 26.4. The Bertz CT molecular complexity index is 1210. The van der Waals surface area contributed by atoms with Crippen LogP contribution in [0.15, 0.2) is 5.38 Å². The maximum absolute atomic E-state index is 13.1. The number of rotatable bonds is 4. The number of H-pyrrole nitrogens is 1. The van der Waals surface area contributed by atoms with Gasteiger partial charge in [0.2, 0.25) is 5.92 Å². The molecule has 1 N–H and O–H groups in total. The minimum absolute atomic E-state index is 0.0748. The molecule has 5 fully saturated rings. The van der Waals surface area contributed by atoms with Gasteiger partial charge in [0.15, 0.2) is 11.5 Å². The number of carbonyl (C=O) groups excluding carboxylic acids is 1. The van der Waals surface area contributed by atoms with Crippen LogP contribution in [0, 0.1) is 16.7 Å². The summed E-state index contributed by atoms with van der Waals surface area (Å²) in [6.07, 6.45) is -0.465. The van der Waals surface area contributed by atoms with E-state index in [0.29, 0.717) is 23.2 Å². The lowest BCUT2D eigenvalue weighted by atomic mass is 9.56. The van der Waals surface area contributed by atoms with E-state index in [9.17, 15) is 26.7 Å². The van der Waals surface area contributed by atoms with Crippen LogP contribution in [-0.2, 0) is 12.6 Å². The third-order valence-corrected chi connectivity index (χ3v) is 9.99. The average Bonchev–Trinajstić information content (AvgIpc) is 3.34. The number of urea groups is 1. The molecule has 5 aliphatic rings. The van der Waals surface area contributed by atoms with Crippen LogP contribution < -0.4 is 0 Å². The molecule has 0 radical (unpaired) electrons. The molecule has 3 saturated carbocycles. The number of nitrogens with zero attached hydrogens (tertiary/aromatic N) is 5. The molecule has 200 valence electrons. The summed E-state index contributed by atoms with van der Waals surface area (Å²) in [5.74, 6) is -1.00. The van der Waals surface area contributed by atoms with E-state index in [1.165, 1.54) is 0 Å². The van der Waals surface area contributed by atoms with E-state index in [1.807, 2.05) is 9.80 Å². The number of alkyl halides is 5. The first kappa shape index (κ1) is 23.8. The van der Waals surface area contributed by atoms with Crippen LogP contribution in [0.25, 0.3) is 0 Å². The zero-order valence-corrected chi connectivity index (χ0v) is 20.8. The van der Waals surface area contributed by atoms with Crippen LogP contribution in [0.4, 0.5) is 26.7 Å². The number of aromatic nitrogens is 4. The molecule has 7 nitrogen and oxygen atoms in total. The molecule has 0 aromatic carbocycles. The van der Waals surface area contributed by atoms with Crippen molar-refractivity contribution in [2.75, 3.05) is 26.2 Å². The van der Waals surface area contributed by atoms with Crippen LogP contribution in [0.1, 0.15) is 72.7 Å². The molecule has 0 bridgehead atoms. The Morgan fingerprint density at radius 2 is 1.59 bits per heavy atom. The first-order chi connectivity index (χ1) is 17.4. The Kier molecular flexibility index (Phi) is 4.90. The lowest BCUT2D eigenvalue weighted by Crippen LogP contribution is -2.70. The summed E-state index contributed by atoms with van der Waals surface area (Å²) in [5.41, 5.74) is -0.550. The van der Waals surface area contributed by atoms with E-state index < -0.39 is 17.8 Å². The molecule has 2 aliphatic heterocycles. The van der Waals surface area contributed by atoms with Crippen molar-refractivity contribution in [2.45, 2.75) is 68.9 Å². The fraction of sp³-hybridized carbons (Fsp3) is 0.750. The first-order valence-electron chi connectivity index (χ1n) is 12.8. The Hall–Kier alpha value is -2.31. The first-order valence-corrected chi connectivity index (χ1v) is 13.6. The van der Waals surface area contributed by atoms with Crippen LogP contribution in [0.2, 0.25) is 0 Å². The lowest BCUT2D eigenvalue weighted by molar-refractivity contribution is -0.140. The monoisotopic (exact) mass is 542 g/mol. The molecule has 2 aromatic heterocycles. The van der Waals surface area contributed by atoms with Crippen molar-refractivity contribution in [2.24, 2.45) is 16.7 Å². The summed E-state index contributed by atoms with van der Waals surface area (Å²) < 4.78 is 64.5. The van der Waals surface area contributed by atoms with E-state index in [0.717, 1.165) is 74.4 Å². The standard InChI is InChI=1S/C24H27F5N6OS/c25-23(26)6-15(7-23)19-31-18(32-33-19)14-4-22(5-14)11-35(12-22)20(36)34-9-21(10-34)2-13(3-21)1-17-30-16(8-37-17)24(27,28)29/h8,13-15H,1-7,9-12H2,(H,31,32,33). The highest BCUT2D eigenvalue weighted by molar-refractivity contribution is 7.09. The number of thiazole rings is 1. The van der Waals surface area contributed by atoms with E-state index in [-0.39, 0.29) is 41.5 Å². The molecule has 0 atom stereocenters. The van der Waals surface area contributed by atoms with Gasteiger partial charge in [-0.25, -0.2) is 23.5 Å². The molecule has 37 heavy (non-hydrogen) atoms. The van der Waals surface area contributed by atoms with Gasteiger partial charge in [-0.05, 0) is 31.6 Å². The van der Waals surface area contributed by atoms with E-state index in [1.54, 1.807) is 0 Å². The van der Waals surface area contributed by atoms with Gasteiger partial charge in [0.25, 0.3) is 0 Å². The van der Waals surface area contributed by atoms with Crippen molar-refractivity contribution in [3.63, 3.8) is 0 Å². The molecule has 2 saturated heterocycles. The molecule has 3 aliphatic carbocycles. The van der Waals surface area contributed by atoms with Crippen LogP contribution in [0.5, 0.6) is 0 Å². The third kappa shape index (κ3) is 4.02. The predicted octanol–water partition coefficient (Wildman–Crippen LogP) is 5.05. The van der Waals surface area contributed by atoms with Gasteiger partial charge < -0.3 is 9.80 Å². The zero-order valence-electron chi connectivity index (χ0n) is 20.0. The Balaban J connectivity index is 0.833. The number of likely N-dealkylation sites (tertiary alicyclic amines) is 2. The molecular weight excluding hydrogens is 515 g/mol. The highest BCUT2D eigenvalue weighted by atomic mass is 32.1. The Morgan fingerprint density at radius 3 is 2.16 bits per heavy atom. The molecule has 2 aromatic rings. The zero-order chi connectivity index (χ0) is 25.8. The summed E-state index contributed by atoms with van der Waals surface area (Å²) in [4.78, 5) is 24.9. The second kappa shape index (κ2) is 7.63. The van der Waals surface area contributed by atoms with Crippen LogP contribution >= 0.6 is 11.3 Å². The minimum atomic E-state index is -4.39. The molecular formula is C24H27F5N6OS. The minimum Gasteiger partial charge on any atom is -0.323 e. The highest BCUT2D eigenvalue weighted by Gasteiger charge is 2.59. The van der Waals surface area contributed by atoms with Crippen LogP contribution in [-0.4, -0.2) is 68.1 Å². The second-order valence-electron chi connectivity index (χ2n) is 12.2.